The molecule has 0 bridgehead atoms. The van der Waals surface area contributed by atoms with Gasteiger partial charge in [-0.15, -0.1) is 0 Å². The van der Waals surface area contributed by atoms with Gasteiger partial charge in [0.15, 0.2) is 5.72 Å². The summed E-state index contributed by atoms with van der Waals surface area (Å²) >= 11 is 3.62. The molecule has 7 heteroatoms. The minimum atomic E-state index is -0.456. The molecule has 2 aromatic carbocycles. The molecule has 3 atom stereocenters. The van der Waals surface area contributed by atoms with Crippen LogP contribution in [0.5, 0.6) is 11.5 Å². The van der Waals surface area contributed by atoms with Gasteiger partial charge in [-0.2, -0.15) is 0 Å². The highest BCUT2D eigenvalue weighted by molar-refractivity contribution is 9.10. The predicted octanol–water partition coefficient (Wildman–Crippen LogP) is 5.37. The van der Waals surface area contributed by atoms with Crippen molar-refractivity contribution < 1.29 is 14.3 Å². The molecule has 2 aromatic rings. The largest absolute Gasteiger partial charge is 0.495 e. The molecule has 0 saturated carbocycles. The molecule has 6 nitrogen and oxygen atoms in total. The molecular weight excluding hydrogens is 494 g/mol. The Morgan fingerprint density at radius 3 is 2.74 bits per heavy atom. The van der Waals surface area contributed by atoms with Gasteiger partial charge < -0.3 is 19.7 Å². The van der Waals surface area contributed by atoms with Crippen molar-refractivity contribution in [2.24, 2.45) is 0 Å². The van der Waals surface area contributed by atoms with Crippen molar-refractivity contribution in [2.75, 3.05) is 25.5 Å². The maximum absolute atomic E-state index is 13.6. The van der Waals surface area contributed by atoms with E-state index < -0.39 is 5.72 Å². The minimum absolute atomic E-state index is 0.0933. The van der Waals surface area contributed by atoms with E-state index in [2.05, 4.69) is 65.5 Å². The molecular formula is C27H34BrN3O3. The molecule has 3 aliphatic rings. The lowest BCUT2D eigenvalue weighted by molar-refractivity contribution is -0.138. The van der Waals surface area contributed by atoms with Crippen LogP contribution in [-0.2, 0) is 10.3 Å². The van der Waals surface area contributed by atoms with Crippen molar-refractivity contribution in [2.45, 2.75) is 69.7 Å². The highest BCUT2D eigenvalue weighted by atomic mass is 79.9. The molecule has 1 saturated heterocycles. The Morgan fingerprint density at radius 1 is 1.26 bits per heavy atom. The number of para-hydroxylation sites is 1. The van der Waals surface area contributed by atoms with Crippen molar-refractivity contribution in [1.82, 2.24) is 10.2 Å². The summed E-state index contributed by atoms with van der Waals surface area (Å²) in [6, 6.07) is 12.0. The second-order valence-corrected chi connectivity index (χ2v) is 11.0. The van der Waals surface area contributed by atoms with Crippen LogP contribution < -0.4 is 20.1 Å². The maximum Gasteiger partial charge on any atom is 0.245 e. The summed E-state index contributed by atoms with van der Waals surface area (Å²) < 4.78 is 13.2. The van der Waals surface area contributed by atoms with Crippen LogP contribution in [0.2, 0.25) is 0 Å². The van der Waals surface area contributed by atoms with E-state index >= 15 is 0 Å². The molecule has 1 spiro atoms. The summed E-state index contributed by atoms with van der Waals surface area (Å²) in [7, 11) is 1.67. The number of hydrogen-bond donors (Lipinski definition) is 2. The Bertz CT molecular complexity index is 1100. The van der Waals surface area contributed by atoms with E-state index in [1.165, 1.54) is 5.56 Å². The molecule has 1 fully saturated rings. The quantitative estimate of drug-likeness (QED) is 0.559. The fraction of sp³-hybridized carbons (Fsp3) is 0.519. The zero-order chi connectivity index (χ0) is 24.1. The number of likely N-dealkylation sites (tertiary alicyclic amines) is 1. The minimum Gasteiger partial charge on any atom is -0.495 e. The third-order valence-corrected chi connectivity index (χ3v) is 8.31. The molecule has 0 aliphatic carbocycles. The number of carbonyl (C=O) groups is 1. The molecule has 5 rings (SSSR count). The zero-order valence-electron chi connectivity index (χ0n) is 20.4. The number of hydrogen-bond acceptors (Lipinski definition) is 5. The van der Waals surface area contributed by atoms with Gasteiger partial charge in [0.1, 0.15) is 17.5 Å². The number of methoxy groups -OCH3 is 1. The monoisotopic (exact) mass is 527 g/mol. The molecule has 3 heterocycles. The Balaban J connectivity index is 1.32. The molecule has 1 amide bonds. The third-order valence-electron chi connectivity index (χ3n) is 7.81. The van der Waals surface area contributed by atoms with Gasteiger partial charge in [-0.25, -0.2) is 0 Å². The van der Waals surface area contributed by atoms with Crippen LogP contribution in [0.4, 0.5) is 5.69 Å². The lowest BCUT2D eigenvalue weighted by Crippen LogP contribution is -2.66. The van der Waals surface area contributed by atoms with Gasteiger partial charge >= 0.3 is 0 Å². The zero-order valence-corrected chi connectivity index (χ0v) is 22.0. The van der Waals surface area contributed by atoms with Gasteiger partial charge in [-0.05, 0) is 43.2 Å². The van der Waals surface area contributed by atoms with E-state index in [9.17, 15) is 4.79 Å². The van der Waals surface area contributed by atoms with Gasteiger partial charge in [-0.3, -0.25) is 10.1 Å². The fourth-order valence-electron chi connectivity index (χ4n) is 6.03. The fourth-order valence-corrected chi connectivity index (χ4v) is 6.39. The van der Waals surface area contributed by atoms with Crippen molar-refractivity contribution in [3.63, 3.8) is 0 Å². The summed E-state index contributed by atoms with van der Waals surface area (Å²) in [4.78, 5) is 15.6. The number of fused-ring (bicyclic) bond motifs is 2. The number of amides is 1. The van der Waals surface area contributed by atoms with Gasteiger partial charge in [0.05, 0.1) is 12.8 Å². The van der Waals surface area contributed by atoms with Crippen LogP contribution in [0.15, 0.2) is 40.9 Å². The summed E-state index contributed by atoms with van der Waals surface area (Å²) in [5.74, 6) is 1.98. The third kappa shape index (κ3) is 3.87. The number of nitrogens with one attached hydrogen (secondary N) is 2. The van der Waals surface area contributed by atoms with E-state index in [0.717, 1.165) is 52.9 Å². The van der Waals surface area contributed by atoms with Gasteiger partial charge in [0.2, 0.25) is 5.91 Å². The van der Waals surface area contributed by atoms with Gasteiger partial charge in [0.25, 0.3) is 0 Å². The number of nitrogens with zero attached hydrogens (tertiary/aromatic N) is 1. The number of anilines is 1. The number of halogens is 1. The number of carbonyl (C=O) groups excluding carboxylic acids is 1. The van der Waals surface area contributed by atoms with Crippen molar-refractivity contribution in [1.29, 1.82) is 0 Å². The highest BCUT2D eigenvalue weighted by Gasteiger charge is 2.49. The van der Waals surface area contributed by atoms with Crippen LogP contribution in [0.1, 0.15) is 63.5 Å². The normalized spacial score (nSPS) is 26.9. The first kappa shape index (κ1) is 23.5. The second-order valence-electron chi connectivity index (χ2n) is 10.1. The summed E-state index contributed by atoms with van der Waals surface area (Å²) in [6.07, 6.45) is 3.61. The van der Waals surface area contributed by atoms with Crippen molar-refractivity contribution in [3.05, 3.63) is 52.0 Å². The van der Waals surface area contributed by atoms with E-state index in [1.54, 1.807) is 7.11 Å². The molecule has 34 heavy (non-hydrogen) atoms. The van der Waals surface area contributed by atoms with Crippen molar-refractivity contribution in [3.8, 4) is 11.5 Å². The topological polar surface area (TPSA) is 62.8 Å². The van der Waals surface area contributed by atoms with E-state index in [1.807, 2.05) is 23.1 Å². The first-order valence-corrected chi connectivity index (χ1v) is 13.1. The van der Waals surface area contributed by atoms with Crippen LogP contribution in [0, 0.1) is 0 Å². The molecule has 3 unspecified atom stereocenters. The lowest BCUT2D eigenvalue weighted by Gasteiger charge is -2.52. The number of rotatable bonds is 4. The number of ether oxygens (including phenoxy) is 2. The number of piperidine rings is 1. The SMILES string of the molecule is CCCC1(C)NC2(CCN(C(=O)C3Nc4c(OC)cccc4C3C)CC2)Oc2ccc(Br)cc21. The Morgan fingerprint density at radius 2 is 2.03 bits per heavy atom. The summed E-state index contributed by atoms with van der Waals surface area (Å²) in [6.45, 7) is 7.94. The highest BCUT2D eigenvalue weighted by Crippen LogP contribution is 2.45. The van der Waals surface area contributed by atoms with E-state index in [4.69, 9.17) is 9.47 Å². The Labute approximate surface area is 210 Å². The first-order valence-electron chi connectivity index (χ1n) is 12.3. The maximum atomic E-state index is 13.6. The number of benzene rings is 2. The molecule has 182 valence electrons. The summed E-state index contributed by atoms with van der Waals surface area (Å²) in [5, 5.41) is 7.34. The van der Waals surface area contributed by atoms with Gasteiger partial charge in [-0.1, -0.05) is 48.3 Å². The predicted molar refractivity (Wildman–Crippen MR) is 138 cm³/mol. The van der Waals surface area contributed by atoms with Crippen LogP contribution in [-0.4, -0.2) is 42.8 Å². The average molecular weight is 528 g/mol. The Hall–Kier alpha value is -2.25. The first-order chi connectivity index (χ1) is 16.3. The summed E-state index contributed by atoms with van der Waals surface area (Å²) in [5.41, 5.74) is 2.66. The Kier molecular flexibility index (Phi) is 6.05. The smallest absolute Gasteiger partial charge is 0.245 e. The van der Waals surface area contributed by atoms with Crippen LogP contribution in [0.25, 0.3) is 0 Å². The standard InChI is InChI=1S/C27H34BrN3O3/c1-5-11-26(3)20-16-18(28)9-10-21(20)34-27(30-26)12-14-31(15-13-27)25(32)23-17(2)19-7-6-8-22(33-4)24(19)29-23/h6-10,16-17,23,29-30H,5,11-15H2,1-4H3. The molecule has 2 N–H and O–H groups in total. The van der Waals surface area contributed by atoms with Crippen LogP contribution in [0.3, 0.4) is 0 Å². The van der Waals surface area contributed by atoms with Crippen LogP contribution >= 0.6 is 15.9 Å². The van der Waals surface area contributed by atoms with Crippen molar-refractivity contribution >= 4 is 27.5 Å². The van der Waals surface area contributed by atoms with Gasteiger partial charge in [0, 0.05) is 47.4 Å². The van der Waals surface area contributed by atoms with E-state index in [0.29, 0.717) is 13.1 Å². The lowest BCUT2D eigenvalue weighted by atomic mass is 9.82. The molecule has 0 aromatic heterocycles. The molecule has 3 aliphatic heterocycles. The van der Waals surface area contributed by atoms with E-state index in [-0.39, 0.29) is 23.4 Å². The average Bonchev–Trinajstić information content (AvgIpc) is 3.16. The molecule has 0 radical (unpaired) electrons. The second kappa shape index (κ2) is 8.76.